The Labute approximate surface area is 176 Å². The number of H-pyrrole nitrogens is 1. The number of nitrogen functional groups attached to an aromatic ring is 1. The molecule has 0 fully saturated rings. The van der Waals surface area contributed by atoms with Gasteiger partial charge in [-0.25, -0.2) is 9.78 Å². The number of carbonyl (C=O) groups excluding carboxylic acids is 2. The molecule has 12 nitrogen and oxygen atoms in total. The Morgan fingerprint density at radius 1 is 1.23 bits per heavy atom. The van der Waals surface area contributed by atoms with Gasteiger partial charge in [-0.15, -0.1) is 0 Å². The smallest absolute Gasteiger partial charge is 0.329 e. The van der Waals surface area contributed by atoms with Crippen LogP contribution in [0.2, 0.25) is 0 Å². The molecular weight excluding hydrogens is 406 g/mol. The van der Waals surface area contributed by atoms with Crippen molar-refractivity contribution in [2.45, 2.75) is 19.2 Å². The Morgan fingerprint density at radius 3 is 2.74 bits per heavy atom. The standard InChI is InChI=1S/C19H23N7O5/c20-9-14(27)23-13(8-12-4-2-1-3-5-12)18(29)31-7-6-30-11-26-10-22-15-16(26)24-19(21)25-17(15)28/h1-5,10,13H,6-9,11,20H2,(H,23,27)(H3,21,24,25,28)/t13-/m0/s1. The van der Waals surface area contributed by atoms with Crippen LogP contribution < -0.4 is 22.3 Å². The van der Waals surface area contributed by atoms with Crippen LogP contribution in [0.1, 0.15) is 5.56 Å². The second kappa shape index (κ2) is 10.3. The van der Waals surface area contributed by atoms with Gasteiger partial charge in [0, 0.05) is 6.42 Å². The summed E-state index contributed by atoms with van der Waals surface area (Å²) in [5.74, 6) is -1.08. The molecule has 0 saturated carbocycles. The molecule has 0 radical (unpaired) electrons. The number of amides is 1. The first-order valence-electron chi connectivity index (χ1n) is 9.46. The normalized spacial score (nSPS) is 11.9. The Bertz CT molecular complexity index is 1100. The number of carbonyl (C=O) groups is 2. The van der Waals surface area contributed by atoms with Crippen LogP contribution in [0.25, 0.3) is 11.2 Å². The van der Waals surface area contributed by atoms with Crippen molar-refractivity contribution in [1.29, 1.82) is 0 Å². The average molecular weight is 429 g/mol. The van der Waals surface area contributed by atoms with Crippen molar-refractivity contribution in [3.63, 3.8) is 0 Å². The number of imidazole rings is 1. The molecule has 31 heavy (non-hydrogen) atoms. The van der Waals surface area contributed by atoms with Crippen LogP contribution in [0, 0.1) is 0 Å². The van der Waals surface area contributed by atoms with Gasteiger partial charge in [-0.3, -0.25) is 19.1 Å². The summed E-state index contributed by atoms with van der Waals surface area (Å²) >= 11 is 0. The van der Waals surface area contributed by atoms with Crippen molar-refractivity contribution < 1.29 is 19.1 Å². The summed E-state index contributed by atoms with van der Waals surface area (Å²) in [7, 11) is 0. The molecule has 0 aliphatic heterocycles. The summed E-state index contributed by atoms with van der Waals surface area (Å²) < 4.78 is 12.2. The van der Waals surface area contributed by atoms with Crippen molar-refractivity contribution in [1.82, 2.24) is 24.8 Å². The molecule has 1 atom stereocenters. The van der Waals surface area contributed by atoms with Crippen molar-refractivity contribution in [2.24, 2.45) is 5.73 Å². The number of nitrogens with one attached hydrogen (secondary N) is 2. The van der Waals surface area contributed by atoms with Crippen LogP contribution in [0.4, 0.5) is 5.95 Å². The molecule has 6 N–H and O–H groups in total. The molecule has 2 aromatic heterocycles. The Morgan fingerprint density at radius 2 is 2.00 bits per heavy atom. The molecule has 0 aliphatic carbocycles. The highest BCUT2D eigenvalue weighted by Gasteiger charge is 2.22. The average Bonchev–Trinajstić information content (AvgIpc) is 3.16. The summed E-state index contributed by atoms with van der Waals surface area (Å²) in [5.41, 5.74) is 11.7. The lowest BCUT2D eigenvalue weighted by molar-refractivity contribution is -0.149. The molecule has 164 valence electrons. The molecule has 1 amide bonds. The van der Waals surface area contributed by atoms with Crippen LogP contribution in [0.3, 0.4) is 0 Å². The summed E-state index contributed by atoms with van der Waals surface area (Å²) in [4.78, 5) is 46.2. The first kappa shape index (κ1) is 21.9. The quantitative estimate of drug-likeness (QED) is 0.230. The SMILES string of the molecule is NCC(=O)N[C@@H](Cc1ccccc1)C(=O)OCCOCn1cnc2c(=O)[nH]c(N)nc21. The van der Waals surface area contributed by atoms with Crippen LogP contribution in [-0.4, -0.2) is 57.2 Å². The molecular formula is C19H23N7O5. The van der Waals surface area contributed by atoms with E-state index in [9.17, 15) is 14.4 Å². The number of benzene rings is 1. The third kappa shape index (κ3) is 5.87. The number of esters is 1. The lowest BCUT2D eigenvalue weighted by Crippen LogP contribution is -2.45. The highest BCUT2D eigenvalue weighted by Crippen LogP contribution is 2.07. The summed E-state index contributed by atoms with van der Waals surface area (Å²) in [6.45, 7) is -0.165. The summed E-state index contributed by atoms with van der Waals surface area (Å²) in [6, 6.07) is 8.36. The molecule has 0 spiro atoms. The Balaban J connectivity index is 1.50. The van der Waals surface area contributed by atoms with Crippen LogP contribution >= 0.6 is 0 Å². The number of anilines is 1. The van der Waals surface area contributed by atoms with Crippen LogP contribution in [-0.2, 0) is 32.2 Å². The molecule has 1 aromatic carbocycles. The lowest BCUT2D eigenvalue weighted by Gasteiger charge is -2.17. The fourth-order valence-electron chi connectivity index (χ4n) is 2.83. The highest BCUT2D eigenvalue weighted by atomic mass is 16.6. The zero-order valence-corrected chi connectivity index (χ0v) is 16.6. The Kier molecular flexibility index (Phi) is 7.30. The fraction of sp³-hybridized carbons (Fsp3) is 0.316. The van der Waals surface area contributed by atoms with E-state index in [0.29, 0.717) is 0 Å². The van der Waals surface area contributed by atoms with E-state index in [2.05, 4.69) is 20.3 Å². The first-order chi connectivity index (χ1) is 15.0. The largest absolute Gasteiger partial charge is 0.462 e. The lowest BCUT2D eigenvalue weighted by atomic mass is 10.1. The predicted octanol–water partition coefficient (Wildman–Crippen LogP) is -1.09. The summed E-state index contributed by atoms with van der Waals surface area (Å²) in [5, 5.41) is 2.56. The number of aromatic amines is 1. The van der Waals surface area contributed by atoms with E-state index in [1.807, 2.05) is 30.3 Å². The molecule has 12 heteroatoms. The number of rotatable bonds is 10. The minimum atomic E-state index is -0.866. The zero-order valence-electron chi connectivity index (χ0n) is 16.6. The maximum Gasteiger partial charge on any atom is 0.329 e. The van der Waals surface area contributed by atoms with Gasteiger partial charge in [0.2, 0.25) is 11.9 Å². The third-order valence-electron chi connectivity index (χ3n) is 4.28. The van der Waals surface area contributed by atoms with Gasteiger partial charge >= 0.3 is 5.97 Å². The number of nitrogens with two attached hydrogens (primary N) is 2. The van der Waals surface area contributed by atoms with Gasteiger partial charge in [0.1, 0.15) is 19.4 Å². The predicted molar refractivity (Wildman–Crippen MR) is 111 cm³/mol. The fourth-order valence-corrected chi connectivity index (χ4v) is 2.83. The van der Waals surface area contributed by atoms with Crippen molar-refractivity contribution in [3.05, 3.63) is 52.6 Å². The number of hydrogen-bond acceptors (Lipinski definition) is 9. The van der Waals surface area contributed by atoms with Crippen molar-refractivity contribution in [3.8, 4) is 0 Å². The molecule has 3 aromatic rings. The van der Waals surface area contributed by atoms with Crippen molar-refractivity contribution >= 4 is 29.0 Å². The van der Waals surface area contributed by atoms with E-state index in [1.54, 1.807) is 0 Å². The minimum absolute atomic E-state index is 0.0291. The van der Waals surface area contributed by atoms with Crippen LogP contribution in [0.5, 0.6) is 0 Å². The second-order valence-corrected chi connectivity index (χ2v) is 6.56. The third-order valence-corrected chi connectivity index (χ3v) is 4.28. The van der Waals surface area contributed by atoms with E-state index in [4.69, 9.17) is 20.9 Å². The van der Waals surface area contributed by atoms with Crippen molar-refractivity contribution in [2.75, 3.05) is 25.5 Å². The molecule has 2 heterocycles. The number of nitrogens with zero attached hydrogens (tertiary/aromatic N) is 3. The second-order valence-electron chi connectivity index (χ2n) is 6.56. The number of aromatic nitrogens is 4. The van der Waals surface area contributed by atoms with E-state index < -0.39 is 23.5 Å². The molecule has 0 saturated heterocycles. The van der Waals surface area contributed by atoms with E-state index in [0.717, 1.165) is 5.56 Å². The molecule has 3 rings (SSSR count). The van der Waals surface area contributed by atoms with Gasteiger partial charge in [0.15, 0.2) is 11.2 Å². The van der Waals surface area contributed by atoms with E-state index in [1.165, 1.54) is 10.9 Å². The highest BCUT2D eigenvalue weighted by molar-refractivity contribution is 5.85. The molecule has 0 bridgehead atoms. The number of fused-ring (bicyclic) bond motifs is 1. The van der Waals surface area contributed by atoms with E-state index in [-0.39, 0.29) is 50.0 Å². The maximum absolute atomic E-state index is 12.4. The monoisotopic (exact) mass is 429 g/mol. The maximum atomic E-state index is 12.4. The Hall–Kier alpha value is -3.77. The molecule has 0 unspecified atom stereocenters. The first-order valence-corrected chi connectivity index (χ1v) is 9.46. The van der Waals surface area contributed by atoms with Gasteiger partial charge < -0.3 is 26.3 Å². The number of hydrogen-bond donors (Lipinski definition) is 4. The number of ether oxygens (including phenoxy) is 2. The van der Waals surface area contributed by atoms with Gasteiger partial charge in [-0.1, -0.05) is 30.3 Å². The molecule has 0 aliphatic rings. The van der Waals surface area contributed by atoms with E-state index >= 15 is 0 Å². The van der Waals surface area contributed by atoms with Gasteiger partial charge in [0.05, 0.1) is 19.5 Å². The zero-order chi connectivity index (χ0) is 22.2. The van der Waals surface area contributed by atoms with Gasteiger partial charge in [-0.2, -0.15) is 4.98 Å². The topological polar surface area (TPSA) is 180 Å². The van der Waals surface area contributed by atoms with Crippen LogP contribution in [0.15, 0.2) is 41.5 Å². The van der Waals surface area contributed by atoms with Gasteiger partial charge in [-0.05, 0) is 5.56 Å². The minimum Gasteiger partial charge on any atom is -0.462 e. The summed E-state index contributed by atoms with van der Waals surface area (Å²) in [6.07, 6.45) is 1.67. The van der Waals surface area contributed by atoms with Gasteiger partial charge in [0.25, 0.3) is 5.56 Å².